The Balaban J connectivity index is 2.41. The molecule has 0 saturated carbocycles. The first-order valence-electron chi connectivity index (χ1n) is 6.96. The van der Waals surface area contributed by atoms with Crippen LogP contribution in [0.3, 0.4) is 0 Å². The molecule has 112 valence electrons. The number of sulfonamides is 1. The van der Waals surface area contributed by atoms with Crippen LogP contribution in [0, 0.1) is 6.92 Å². The molecule has 4 nitrogen and oxygen atoms in total. The normalized spacial score (nSPS) is 16.8. The first-order chi connectivity index (χ1) is 9.46. The van der Waals surface area contributed by atoms with Gasteiger partial charge in [0.05, 0.1) is 4.90 Å². The molecule has 6 heteroatoms. The average molecular weight is 361 g/mol. The second-order valence-corrected chi connectivity index (χ2v) is 7.85. The van der Waals surface area contributed by atoms with Crippen molar-refractivity contribution in [3.63, 3.8) is 0 Å². The van der Waals surface area contributed by atoms with E-state index in [-0.39, 0.29) is 0 Å². The van der Waals surface area contributed by atoms with Gasteiger partial charge >= 0.3 is 0 Å². The Morgan fingerprint density at radius 1 is 1.30 bits per heavy atom. The van der Waals surface area contributed by atoms with E-state index in [4.69, 9.17) is 0 Å². The molecule has 0 amide bonds. The largest absolute Gasteiger partial charge is 0.313 e. The predicted octanol–water partition coefficient (Wildman–Crippen LogP) is 2.65. The Hall–Kier alpha value is -0.430. The highest BCUT2D eigenvalue weighted by Gasteiger charge is 2.29. The van der Waals surface area contributed by atoms with Crippen LogP contribution in [0.4, 0.5) is 0 Å². The summed E-state index contributed by atoms with van der Waals surface area (Å²) in [6.07, 6.45) is 1.91. The fourth-order valence-electron chi connectivity index (χ4n) is 2.41. The Kier molecular flexibility index (Phi) is 5.23. The number of hydrogen-bond acceptors (Lipinski definition) is 3. The van der Waals surface area contributed by atoms with Crippen molar-refractivity contribution in [3.8, 4) is 0 Å². The zero-order valence-electron chi connectivity index (χ0n) is 11.9. The average Bonchev–Trinajstić information content (AvgIpc) is 2.94. The second kappa shape index (κ2) is 6.56. The van der Waals surface area contributed by atoms with Gasteiger partial charge < -0.3 is 5.32 Å². The van der Waals surface area contributed by atoms with Gasteiger partial charge in [0.15, 0.2) is 0 Å². The Morgan fingerprint density at radius 2 is 1.95 bits per heavy atom. The fraction of sp³-hybridized carbons (Fsp3) is 0.571. The van der Waals surface area contributed by atoms with Crippen molar-refractivity contribution in [3.05, 3.63) is 27.7 Å². The molecule has 1 aliphatic heterocycles. The van der Waals surface area contributed by atoms with Crippen LogP contribution in [0.2, 0.25) is 0 Å². The fourth-order valence-corrected chi connectivity index (χ4v) is 4.87. The van der Waals surface area contributed by atoms with E-state index in [2.05, 4.69) is 21.2 Å². The highest BCUT2D eigenvalue weighted by molar-refractivity contribution is 9.10. The van der Waals surface area contributed by atoms with E-state index in [1.165, 1.54) is 0 Å². The maximum absolute atomic E-state index is 12.7. The van der Waals surface area contributed by atoms with Crippen LogP contribution in [0.25, 0.3) is 0 Å². The van der Waals surface area contributed by atoms with E-state index in [0.717, 1.165) is 35.0 Å². The smallest absolute Gasteiger partial charge is 0.243 e. The monoisotopic (exact) mass is 360 g/mol. The molecule has 0 spiro atoms. The first kappa shape index (κ1) is 15.9. The predicted molar refractivity (Wildman–Crippen MR) is 84.3 cm³/mol. The molecule has 20 heavy (non-hydrogen) atoms. The summed E-state index contributed by atoms with van der Waals surface area (Å²) in [5.74, 6) is 0. The maximum atomic E-state index is 12.7. The molecule has 1 N–H and O–H groups in total. The van der Waals surface area contributed by atoms with E-state index in [1.54, 1.807) is 10.4 Å². The minimum Gasteiger partial charge on any atom is -0.313 e. The van der Waals surface area contributed by atoms with E-state index >= 15 is 0 Å². The van der Waals surface area contributed by atoms with E-state index in [9.17, 15) is 8.42 Å². The molecule has 0 unspecified atom stereocenters. The molecule has 1 aliphatic rings. The summed E-state index contributed by atoms with van der Waals surface area (Å²) in [4.78, 5) is 0.432. The summed E-state index contributed by atoms with van der Waals surface area (Å²) in [5, 5.41) is 3.23. The van der Waals surface area contributed by atoms with Crippen molar-refractivity contribution in [1.29, 1.82) is 0 Å². The van der Waals surface area contributed by atoms with Crippen molar-refractivity contribution >= 4 is 26.0 Å². The molecule has 1 heterocycles. The van der Waals surface area contributed by atoms with Gasteiger partial charge in [-0.25, -0.2) is 8.42 Å². The summed E-state index contributed by atoms with van der Waals surface area (Å²) in [7, 11) is -3.36. The molecule has 0 radical (unpaired) electrons. The third-order valence-corrected chi connectivity index (χ3v) is 6.47. The number of halogens is 1. The zero-order valence-corrected chi connectivity index (χ0v) is 14.3. The minimum absolute atomic E-state index is 0.432. The molecular formula is C14H21BrN2O2S. The number of benzene rings is 1. The van der Waals surface area contributed by atoms with Crippen molar-refractivity contribution in [2.75, 3.05) is 19.6 Å². The number of nitrogens with one attached hydrogen (secondary N) is 1. The van der Waals surface area contributed by atoms with Crippen LogP contribution in [0.5, 0.6) is 0 Å². The molecule has 0 aromatic heterocycles. The summed E-state index contributed by atoms with van der Waals surface area (Å²) in [6.45, 7) is 6.69. The molecular weight excluding hydrogens is 340 g/mol. The SMILES string of the molecule is CCNCc1cc(Br)c(C)c(S(=O)(=O)N2CCCC2)c1. The van der Waals surface area contributed by atoms with E-state index in [0.29, 0.717) is 24.5 Å². The maximum Gasteiger partial charge on any atom is 0.243 e. The highest BCUT2D eigenvalue weighted by atomic mass is 79.9. The summed E-state index contributed by atoms with van der Waals surface area (Å²) in [6, 6.07) is 3.79. The quantitative estimate of drug-likeness (QED) is 0.877. The lowest BCUT2D eigenvalue weighted by molar-refractivity contribution is 0.476. The van der Waals surface area contributed by atoms with Crippen LogP contribution < -0.4 is 5.32 Å². The van der Waals surface area contributed by atoms with Crippen molar-refractivity contribution in [2.24, 2.45) is 0 Å². The molecule has 0 bridgehead atoms. The lowest BCUT2D eigenvalue weighted by atomic mass is 10.1. The van der Waals surface area contributed by atoms with E-state index in [1.807, 2.05) is 19.9 Å². The van der Waals surface area contributed by atoms with Crippen LogP contribution in [-0.2, 0) is 16.6 Å². The summed E-state index contributed by atoms with van der Waals surface area (Å²) >= 11 is 3.48. The molecule has 1 fully saturated rings. The van der Waals surface area contributed by atoms with Crippen LogP contribution in [-0.4, -0.2) is 32.4 Å². The van der Waals surface area contributed by atoms with Crippen molar-refractivity contribution in [1.82, 2.24) is 9.62 Å². The Morgan fingerprint density at radius 3 is 2.55 bits per heavy atom. The summed E-state index contributed by atoms with van der Waals surface area (Å²) in [5.41, 5.74) is 1.78. The molecule has 1 saturated heterocycles. The van der Waals surface area contributed by atoms with Gasteiger partial charge in [0, 0.05) is 24.1 Å². The molecule has 0 aliphatic carbocycles. The Labute approximate surface area is 129 Å². The van der Waals surface area contributed by atoms with Gasteiger partial charge in [-0.2, -0.15) is 4.31 Å². The minimum atomic E-state index is -3.36. The van der Waals surface area contributed by atoms with Gasteiger partial charge in [-0.05, 0) is 49.6 Å². The van der Waals surface area contributed by atoms with Gasteiger partial charge in [0.1, 0.15) is 0 Å². The second-order valence-electron chi connectivity index (χ2n) is 5.09. The molecule has 2 rings (SSSR count). The van der Waals surface area contributed by atoms with Gasteiger partial charge in [-0.3, -0.25) is 0 Å². The van der Waals surface area contributed by atoms with Gasteiger partial charge in [0.2, 0.25) is 10.0 Å². The number of hydrogen-bond donors (Lipinski definition) is 1. The number of nitrogens with zero attached hydrogens (tertiary/aromatic N) is 1. The molecule has 1 aromatic carbocycles. The van der Waals surface area contributed by atoms with Gasteiger partial charge in [0.25, 0.3) is 0 Å². The molecule has 0 atom stereocenters. The van der Waals surface area contributed by atoms with Crippen molar-refractivity contribution < 1.29 is 8.42 Å². The highest BCUT2D eigenvalue weighted by Crippen LogP contribution is 2.29. The van der Waals surface area contributed by atoms with E-state index < -0.39 is 10.0 Å². The topological polar surface area (TPSA) is 49.4 Å². The van der Waals surface area contributed by atoms with Crippen LogP contribution in [0.15, 0.2) is 21.5 Å². The Bertz CT molecular complexity index is 581. The summed E-state index contributed by atoms with van der Waals surface area (Å²) < 4.78 is 27.9. The lowest BCUT2D eigenvalue weighted by Crippen LogP contribution is -2.28. The van der Waals surface area contributed by atoms with Crippen LogP contribution in [0.1, 0.15) is 30.9 Å². The lowest BCUT2D eigenvalue weighted by Gasteiger charge is -2.19. The van der Waals surface area contributed by atoms with Gasteiger partial charge in [-0.15, -0.1) is 0 Å². The number of rotatable bonds is 5. The molecule has 1 aromatic rings. The first-order valence-corrected chi connectivity index (χ1v) is 9.20. The van der Waals surface area contributed by atoms with Crippen molar-refractivity contribution in [2.45, 2.75) is 38.1 Å². The van der Waals surface area contributed by atoms with Crippen LogP contribution >= 0.6 is 15.9 Å². The third-order valence-electron chi connectivity index (χ3n) is 3.62. The van der Waals surface area contributed by atoms with Gasteiger partial charge in [-0.1, -0.05) is 22.9 Å². The standard InChI is InChI=1S/C14H21BrN2O2S/c1-3-16-10-12-8-13(15)11(2)14(9-12)20(18,19)17-6-4-5-7-17/h8-9,16H,3-7,10H2,1-2H3. The zero-order chi connectivity index (χ0) is 14.8. The third kappa shape index (κ3) is 3.24.